The Kier molecular flexibility index (Phi) is 5.19. The molecule has 9 nitrogen and oxygen atoms in total. The molecule has 0 unspecified atom stereocenters. The van der Waals surface area contributed by atoms with Gasteiger partial charge < -0.3 is 10.1 Å². The zero-order valence-electron chi connectivity index (χ0n) is 16.4. The first-order chi connectivity index (χ1) is 14.2. The van der Waals surface area contributed by atoms with Gasteiger partial charge >= 0.3 is 6.01 Å². The number of para-hydroxylation sites is 2. The Hall–Kier alpha value is -3.75. The first-order valence-electron chi connectivity index (χ1n) is 9.39. The van der Waals surface area contributed by atoms with Crippen molar-refractivity contribution >= 4 is 16.9 Å². The number of hydrogen-bond acceptors (Lipinski definition) is 7. The van der Waals surface area contributed by atoms with Crippen LogP contribution in [0.4, 0.5) is 5.82 Å². The molecular formula is C20H22N8O. The molecule has 4 rings (SSSR count). The lowest BCUT2D eigenvalue weighted by molar-refractivity contribution is 0.272. The van der Waals surface area contributed by atoms with Gasteiger partial charge in [0.25, 0.3) is 5.95 Å². The summed E-state index contributed by atoms with van der Waals surface area (Å²) in [4.78, 5) is 9.19. The summed E-state index contributed by atoms with van der Waals surface area (Å²) in [5.74, 6) is 1.27. The molecule has 0 aliphatic carbocycles. The SMILES string of the molecule is C=C(CCC)Nc1cccc(COc2nc3ccccc3n2-c2nnnn2C)n1. The molecule has 3 heterocycles. The van der Waals surface area contributed by atoms with Gasteiger partial charge in [0.2, 0.25) is 0 Å². The van der Waals surface area contributed by atoms with E-state index in [9.17, 15) is 0 Å². The number of benzene rings is 1. The highest BCUT2D eigenvalue weighted by Gasteiger charge is 2.18. The van der Waals surface area contributed by atoms with Crippen LogP contribution < -0.4 is 10.1 Å². The second-order valence-corrected chi connectivity index (χ2v) is 6.60. The fraction of sp³-hybridized carbons (Fsp3) is 0.250. The highest BCUT2D eigenvalue weighted by atomic mass is 16.5. The van der Waals surface area contributed by atoms with Crippen molar-refractivity contribution in [2.24, 2.45) is 7.05 Å². The van der Waals surface area contributed by atoms with Crippen molar-refractivity contribution in [2.45, 2.75) is 26.4 Å². The van der Waals surface area contributed by atoms with E-state index >= 15 is 0 Å². The molecule has 3 aromatic heterocycles. The van der Waals surface area contributed by atoms with E-state index in [1.165, 1.54) is 0 Å². The maximum atomic E-state index is 6.02. The molecule has 0 spiro atoms. The number of hydrogen-bond donors (Lipinski definition) is 1. The van der Waals surface area contributed by atoms with E-state index in [0.717, 1.165) is 41.1 Å². The van der Waals surface area contributed by atoms with Crippen molar-refractivity contribution in [1.82, 2.24) is 34.7 Å². The topological polar surface area (TPSA) is 95.6 Å². The van der Waals surface area contributed by atoms with Crippen molar-refractivity contribution in [1.29, 1.82) is 0 Å². The molecule has 29 heavy (non-hydrogen) atoms. The smallest absolute Gasteiger partial charge is 0.305 e. The van der Waals surface area contributed by atoms with E-state index in [4.69, 9.17) is 4.74 Å². The third-order valence-corrected chi connectivity index (χ3v) is 4.34. The number of anilines is 1. The fourth-order valence-corrected chi connectivity index (χ4v) is 3.02. The second-order valence-electron chi connectivity index (χ2n) is 6.60. The number of rotatable bonds is 8. The molecule has 0 aliphatic rings. The number of tetrazole rings is 1. The molecule has 0 saturated carbocycles. The van der Waals surface area contributed by atoms with Crippen LogP contribution in [-0.2, 0) is 13.7 Å². The molecule has 4 aromatic rings. The normalized spacial score (nSPS) is 11.0. The number of aryl methyl sites for hydroxylation is 1. The lowest BCUT2D eigenvalue weighted by Gasteiger charge is -2.10. The van der Waals surface area contributed by atoms with Crippen LogP contribution in [0, 0.1) is 0 Å². The van der Waals surface area contributed by atoms with Crippen LogP contribution in [0.1, 0.15) is 25.5 Å². The van der Waals surface area contributed by atoms with Gasteiger partial charge in [-0.05, 0) is 41.1 Å². The van der Waals surface area contributed by atoms with Gasteiger partial charge in [0.15, 0.2) is 0 Å². The Morgan fingerprint density at radius 1 is 1.14 bits per heavy atom. The molecule has 0 atom stereocenters. The van der Waals surface area contributed by atoms with E-state index in [1.54, 1.807) is 16.3 Å². The molecule has 0 saturated heterocycles. The lowest BCUT2D eigenvalue weighted by atomic mass is 10.3. The standard InChI is InChI=1S/C20H22N8O/c1-4-8-14(2)21-18-12-7-9-15(22-18)13-29-20-23-16-10-5-6-11-17(16)28(20)19-24-25-26-27(19)3/h5-7,9-12H,2,4,8,13H2,1,3H3,(H,21,22). The Morgan fingerprint density at radius 3 is 2.79 bits per heavy atom. The van der Waals surface area contributed by atoms with Gasteiger partial charge in [-0.3, -0.25) is 0 Å². The molecule has 0 aliphatic heterocycles. The summed E-state index contributed by atoms with van der Waals surface area (Å²) in [7, 11) is 1.77. The fourth-order valence-electron chi connectivity index (χ4n) is 3.02. The van der Waals surface area contributed by atoms with Crippen molar-refractivity contribution in [3.63, 3.8) is 0 Å². The minimum Gasteiger partial charge on any atom is -0.458 e. The molecule has 0 fully saturated rings. The number of ether oxygens (including phenoxy) is 1. The highest BCUT2D eigenvalue weighted by molar-refractivity contribution is 5.78. The Bertz CT molecular complexity index is 1150. The zero-order valence-corrected chi connectivity index (χ0v) is 16.4. The summed E-state index contributed by atoms with van der Waals surface area (Å²) in [6.45, 7) is 6.39. The number of nitrogens with zero attached hydrogens (tertiary/aromatic N) is 7. The molecular weight excluding hydrogens is 368 g/mol. The molecule has 1 N–H and O–H groups in total. The van der Waals surface area contributed by atoms with Crippen molar-refractivity contribution in [2.75, 3.05) is 5.32 Å². The van der Waals surface area contributed by atoms with Crippen LogP contribution in [0.2, 0.25) is 0 Å². The largest absolute Gasteiger partial charge is 0.458 e. The van der Waals surface area contributed by atoms with Gasteiger partial charge in [0, 0.05) is 12.7 Å². The number of imidazole rings is 1. The number of pyridine rings is 1. The Balaban J connectivity index is 1.59. The predicted molar refractivity (Wildman–Crippen MR) is 110 cm³/mol. The Labute approximate surface area is 168 Å². The quantitative estimate of drug-likeness (QED) is 0.493. The summed E-state index contributed by atoms with van der Waals surface area (Å²) in [5.41, 5.74) is 3.37. The maximum Gasteiger partial charge on any atom is 0.305 e. The summed E-state index contributed by atoms with van der Waals surface area (Å²) in [6, 6.07) is 13.9. The zero-order chi connectivity index (χ0) is 20.2. The van der Waals surface area contributed by atoms with Crippen LogP contribution in [-0.4, -0.2) is 34.7 Å². The van der Waals surface area contributed by atoms with Crippen molar-refractivity contribution in [3.05, 3.63) is 60.4 Å². The number of fused-ring (bicyclic) bond motifs is 1. The van der Waals surface area contributed by atoms with Gasteiger partial charge in [-0.25, -0.2) is 14.2 Å². The van der Waals surface area contributed by atoms with Gasteiger partial charge in [0.1, 0.15) is 12.4 Å². The van der Waals surface area contributed by atoms with Gasteiger partial charge in [0.05, 0.1) is 16.7 Å². The molecule has 1 aromatic carbocycles. The average molecular weight is 390 g/mol. The monoisotopic (exact) mass is 390 g/mol. The van der Waals surface area contributed by atoms with Crippen LogP contribution in [0.25, 0.3) is 17.0 Å². The van der Waals surface area contributed by atoms with Gasteiger partial charge in [-0.2, -0.15) is 4.98 Å². The molecule has 0 amide bonds. The van der Waals surface area contributed by atoms with Crippen molar-refractivity contribution in [3.8, 4) is 12.0 Å². The maximum absolute atomic E-state index is 6.02. The third-order valence-electron chi connectivity index (χ3n) is 4.34. The van der Waals surface area contributed by atoms with Gasteiger partial charge in [-0.1, -0.05) is 43.2 Å². The van der Waals surface area contributed by atoms with Crippen molar-refractivity contribution < 1.29 is 4.74 Å². The van der Waals surface area contributed by atoms with E-state index in [2.05, 4.69) is 44.3 Å². The first kappa shape index (κ1) is 18.6. The summed E-state index contributed by atoms with van der Waals surface area (Å²) < 4.78 is 9.39. The second kappa shape index (κ2) is 8.09. The molecule has 9 heteroatoms. The highest BCUT2D eigenvalue weighted by Crippen LogP contribution is 2.25. The van der Waals surface area contributed by atoms with Crippen LogP contribution in [0.15, 0.2) is 54.7 Å². The average Bonchev–Trinajstić information content (AvgIpc) is 3.29. The summed E-state index contributed by atoms with van der Waals surface area (Å²) in [6.07, 6.45) is 1.93. The van der Waals surface area contributed by atoms with E-state index in [0.29, 0.717) is 12.0 Å². The summed E-state index contributed by atoms with van der Waals surface area (Å²) in [5, 5.41) is 15.0. The predicted octanol–water partition coefficient (Wildman–Crippen LogP) is 3.25. The van der Waals surface area contributed by atoms with Crippen LogP contribution in [0.5, 0.6) is 6.01 Å². The summed E-state index contributed by atoms with van der Waals surface area (Å²) >= 11 is 0. The number of aromatic nitrogens is 7. The first-order valence-corrected chi connectivity index (χ1v) is 9.39. The Morgan fingerprint density at radius 2 is 2.00 bits per heavy atom. The number of nitrogens with one attached hydrogen (secondary N) is 1. The molecule has 148 valence electrons. The van der Waals surface area contributed by atoms with Gasteiger partial charge in [-0.15, -0.1) is 0 Å². The number of allylic oxidation sites excluding steroid dienone is 1. The third kappa shape index (κ3) is 3.93. The van der Waals surface area contributed by atoms with Crippen LogP contribution >= 0.6 is 0 Å². The minimum atomic E-state index is 0.254. The minimum absolute atomic E-state index is 0.254. The molecule has 0 radical (unpaired) electrons. The van der Waals surface area contributed by atoms with E-state index in [1.807, 2.05) is 42.5 Å². The van der Waals surface area contributed by atoms with E-state index in [-0.39, 0.29) is 6.61 Å². The lowest BCUT2D eigenvalue weighted by Crippen LogP contribution is -2.09. The van der Waals surface area contributed by atoms with Crippen LogP contribution in [0.3, 0.4) is 0 Å². The van der Waals surface area contributed by atoms with E-state index < -0.39 is 0 Å². The molecule has 0 bridgehead atoms.